The van der Waals surface area contributed by atoms with E-state index in [-0.39, 0.29) is 5.78 Å². The van der Waals surface area contributed by atoms with E-state index < -0.39 is 0 Å². The zero-order valence-electron chi connectivity index (χ0n) is 12.8. The fourth-order valence-electron chi connectivity index (χ4n) is 1.62. The van der Waals surface area contributed by atoms with Gasteiger partial charge >= 0.3 is 0 Å². The Hall–Kier alpha value is -2.09. The molecule has 0 aliphatic heterocycles. The third kappa shape index (κ3) is 5.70. The second-order valence-electron chi connectivity index (χ2n) is 3.90. The smallest absolute Gasteiger partial charge is 0.137 e. The number of H-pyrrole nitrogens is 1. The maximum atomic E-state index is 11.3. The number of aromatic nitrogens is 1. The lowest BCUT2D eigenvalue weighted by Gasteiger charge is -1.95. The molecule has 2 aromatic rings. The summed E-state index contributed by atoms with van der Waals surface area (Å²) in [4.78, 5) is 14.5. The Morgan fingerprint density at radius 3 is 2.35 bits per heavy atom. The molecular formula is C18H25NO. The average molecular weight is 271 g/mol. The van der Waals surface area contributed by atoms with E-state index in [1.807, 2.05) is 51.2 Å². The van der Waals surface area contributed by atoms with Gasteiger partial charge in [0.1, 0.15) is 5.78 Å². The van der Waals surface area contributed by atoms with Crippen LogP contribution in [0, 0.1) is 0 Å². The maximum Gasteiger partial charge on any atom is 0.137 e. The number of hydrogen-bond acceptors (Lipinski definition) is 1. The Morgan fingerprint density at radius 2 is 1.80 bits per heavy atom. The van der Waals surface area contributed by atoms with Gasteiger partial charge in [0.25, 0.3) is 0 Å². The lowest BCUT2D eigenvalue weighted by Crippen LogP contribution is -1.99. The normalized spacial score (nSPS) is 8.75. The minimum Gasteiger partial charge on any atom is -0.361 e. The summed E-state index contributed by atoms with van der Waals surface area (Å²) in [5.41, 5.74) is 2.21. The van der Waals surface area contributed by atoms with Gasteiger partial charge in [-0.1, -0.05) is 64.3 Å². The Kier molecular flexibility index (Phi) is 9.67. The van der Waals surface area contributed by atoms with E-state index in [0.29, 0.717) is 12.8 Å². The first-order valence-electron chi connectivity index (χ1n) is 7.03. The van der Waals surface area contributed by atoms with Crippen LogP contribution in [0.1, 0.15) is 32.8 Å². The van der Waals surface area contributed by atoms with Gasteiger partial charge in [-0.2, -0.15) is 0 Å². The van der Waals surface area contributed by atoms with Gasteiger partial charge in [-0.15, -0.1) is 0 Å². The molecule has 1 heterocycles. The van der Waals surface area contributed by atoms with Crippen molar-refractivity contribution in [1.29, 1.82) is 0 Å². The molecule has 2 heteroatoms. The number of para-hydroxylation sites is 1. The van der Waals surface area contributed by atoms with E-state index in [1.54, 1.807) is 12.2 Å². The molecule has 0 amide bonds. The van der Waals surface area contributed by atoms with Crippen molar-refractivity contribution < 1.29 is 4.79 Å². The number of benzene rings is 1. The molecule has 0 bridgehead atoms. The highest BCUT2D eigenvalue weighted by atomic mass is 16.1. The summed E-state index contributed by atoms with van der Waals surface area (Å²) in [5, 5.41) is 1.16. The second kappa shape index (κ2) is 10.8. The molecule has 1 aromatic heterocycles. The zero-order chi connectivity index (χ0) is 15.4. The zero-order valence-corrected chi connectivity index (χ0v) is 12.8. The van der Waals surface area contributed by atoms with Crippen molar-refractivity contribution >= 4 is 16.7 Å². The summed E-state index contributed by atoms with van der Waals surface area (Å²) in [5.74, 6) is 0.287. The van der Waals surface area contributed by atoms with Crippen LogP contribution in [-0.2, 0) is 11.2 Å². The van der Waals surface area contributed by atoms with Gasteiger partial charge in [0.05, 0.1) is 0 Å². The van der Waals surface area contributed by atoms with Crippen molar-refractivity contribution in [3.63, 3.8) is 0 Å². The Morgan fingerprint density at radius 1 is 1.20 bits per heavy atom. The Balaban J connectivity index is 0.000000521. The molecule has 0 atom stereocenters. The fraction of sp³-hybridized carbons (Fsp3) is 0.278. The second-order valence-corrected chi connectivity index (χ2v) is 3.90. The van der Waals surface area contributed by atoms with E-state index in [2.05, 4.69) is 18.1 Å². The molecule has 1 N–H and O–H groups in total. The molecule has 0 saturated heterocycles. The largest absolute Gasteiger partial charge is 0.361 e. The van der Waals surface area contributed by atoms with Gasteiger partial charge in [0.15, 0.2) is 0 Å². The molecule has 0 unspecified atom stereocenters. The molecular weight excluding hydrogens is 246 g/mol. The first kappa shape index (κ1) is 17.9. The van der Waals surface area contributed by atoms with Gasteiger partial charge in [0.2, 0.25) is 0 Å². The molecule has 0 saturated carbocycles. The van der Waals surface area contributed by atoms with Crippen LogP contribution in [0.5, 0.6) is 0 Å². The molecule has 20 heavy (non-hydrogen) atoms. The van der Waals surface area contributed by atoms with Crippen molar-refractivity contribution in [3.05, 3.63) is 61.3 Å². The van der Waals surface area contributed by atoms with Gasteiger partial charge in [-0.3, -0.25) is 4.79 Å². The van der Waals surface area contributed by atoms with E-state index in [1.165, 1.54) is 0 Å². The molecule has 2 rings (SSSR count). The lowest BCUT2D eigenvalue weighted by molar-refractivity contribution is -0.118. The Labute approximate surface area is 122 Å². The van der Waals surface area contributed by atoms with Crippen LogP contribution in [0.3, 0.4) is 0 Å². The highest BCUT2D eigenvalue weighted by Gasteiger charge is 2.06. The number of aromatic amines is 1. The number of carbonyl (C=O) groups excluding carboxylic acids is 1. The van der Waals surface area contributed by atoms with Crippen molar-refractivity contribution in [2.24, 2.45) is 0 Å². The molecule has 0 aliphatic rings. The van der Waals surface area contributed by atoms with E-state index in [4.69, 9.17) is 0 Å². The van der Waals surface area contributed by atoms with Crippen LogP contribution in [0.2, 0.25) is 0 Å². The number of fused-ring (bicyclic) bond motifs is 1. The molecule has 0 spiro atoms. The summed E-state index contributed by atoms with van der Waals surface area (Å²) < 4.78 is 0. The first-order valence-corrected chi connectivity index (χ1v) is 7.03. The SMILES string of the molecule is C=CC=C.CC.CCC(=O)Cc1c[nH]c2ccccc12. The van der Waals surface area contributed by atoms with Gasteiger partial charge < -0.3 is 4.98 Å². The predicted molar refractivity (Wildman–Crippen MR) is 89.0 cm³/mol. The Bertz CT molecular complexity index is 531. The van der Waals surface area contributed by atoms with Crippen LogP contribution < -0.4 is 0 Å². The third-order valence-corrected chi connectivity index (χ3v) is 2.62. The number of Topliss-reactive ketones (excluding diaryl/α,β-unsaturated/α-hetero) is 1. The molecule has 0 aliphatic carbocycles. The average Bonchev–Trinajstić information content (AvgIpc) is 2.92. The molecule has 0 fully saturated rings. The minimum atomic E-state index is 0.287. The monoisotopic (exact) mass is 271 g/mol. The number of rotatable bonds is 4. The van der Waals surface area contributed by atoms with Crippen LogP contribution in [0.25, 0.3) is 10.9 Å². The topological polar surface area (TPSA) is 32.9 Å². The number of hydrogen-bond donors (Lipinski definition) is 1. The summed E-state index contributed by atoms with van der Waals surface area (Å²) in [7, 11) is 0. The summed E-state index contributed by atoms with van der Waals surface area (Å²) in [6, 6.07) is 8.06. The summed E-state index contributed by atoms with van der Waals surface area (Å²) in [6.07, 6.45) is 6.36. The van der Waals surface area contributed by atoms with Crippen LogP contribution in [0.4, 0.5) is 0 Å². The van der Waals surface area contributed by atoms with Crippen LogP contribution in [0.15, 0.2) is 55.8 Å². The molecule has 0 radical (unpaired) electrons. The van der Waals surface area contributed by atoms with Gasteiger partial charge in [0, 0.05) is 29.9 Å². The number of carbonyl (C=O) groups is 1. The van der Waals surface area contributed by atoms with Crippen molar-refractivity contribution in [3.8, 4) is 0 Å². The highest BCUT2D eigenvalue weighted by Crippen LogP contribution is 2.18. The van der Waals surface area contributed by atoms with Crippen molar-refractivity contribution in [2.45, 2.75) is 33.6 Å². The minimum absolute atomic E-state index is 0.287. The lowest BCUT2D eigenvalue weighted by atomic mass is 10.1. The van der Waals surface area contributed by atoms with E-state index >= 15 is 0 Å². The number of nitrogens with one attached hydrogen (secondary N) is 1. The predicted octanol–water partition coefficient (Wildman–Crippen LogP) is 5.07. The van der Waals surface area contributed by atoms with E-state index in [0.717, 1.165) is 16.5 Å². The quantitative estimate of drug-likeness (QED) is 0.773. The molecule has 2 nitrogen and oxygen atoms in total. The molecule has 108 valence electrons. The van der Waals surface area contributed by atoms with Crippen LogP contribution >= 0.6 is 0 Å². The maximum absolute atomic E-state index is 11.3. The molecule has 1 aromatic carbocycles. The fourth-order valence-corrected chi connectivity index (χ4v) is 1.62. The van der Waals surface area contributed by atoms with Gasteiger partial charge in [-0.05, 0) is 11.6 Å². The summed E-state index contributed by atoms with van der Waals surface area (Å²) in [6.45, 7) is 12.6. The highest BCUT2D eigenvalue weighted by molar-refractivity contribution is 5.89. The third-order valence-electron chi connectivity index (χ3n) is 2.62. The van der Waals surface area contributed by atoms with E-state index in [9.17, 15) is 4.79 Å². The van der Waals surface area contributed by atoms with Gasteiger partial charge in [-0.25, -0.2) is 0 Å². The van der Waals surface area contributed by atoms with Crippen LogP contribution in [-0.4, -0.2) is 10.8 Å². The first-order chi connectivity index (χ1) is 9.72. The van der Waals surface area contributed by atoms with Crippen molar-refractivity contribution in [1.82, 2.24) is 4.98 Å². The standard InChI is InChI=1S/C12H13NO.C4H6.C2H6/c1-2-10(14)7-9-8-13-12-6-4-3-5-11(9)12;1-3-4-2;1-2/h3-6,8,13H,2,7H2,1H3;3-4H,1-2H2;1-2H3. The number of allylic oxidation sites excluding steroid dienone is 2. The number of ketones is 1. The summed E-state index contributed by atoms with van der Waals surface area (Å²) >= 11 is 0. The van der Waals surface area contributed by atoms with Crippen molar-refractivity contribution in [2.75, 3.05) is 0 Å².